The summed E-state index contributed by atoms with van der Waals surface area (Å²) in [5.74, 6) is 2.53. The molecule has 0 unspecified atom stereocenters. The Morgan fingerprint density at radius 1 is 1.41 bits per heavy atom. The summed E-state index contributed by atoms with van der Waals surface area (Å²) < 4.78 is 5.54. The van der Waals surface area contributed by atoms with Crippen LogP contribution in [0.2, 0.25) is 0 Å². The molecule has 0 atom stereocenters. The van der Waals surface area contributed by atoms with Crippen LogP contribution in [-0.4, -0.2) is 26.2 Å². The molecule has 1 aromatic rings. The molecule has 0 aromatic heterocycles. The fourth-order valence-corrected chi connectivity index (χ4v) is 2.09. The van der Waals surface area contributed by atoms with E-state index in [4.69, 9.17) is 10.5 Å². The molecule has 0 radical (unpaired) electrons. The van der Waals surface area contributed by atoms with Gasteiger partial charge in [-0.1, -0.05) is 19.9 Å². The Labute approximate surface area is 104 Å². The van der Waals surface area contributed by atoms with Crippen LogP contribution in [0.3, 0.4) is 0 Å². The van der Waals surface area contributed by atoms with Gasteiger partial charge in [0.2, 0.25) is 0 Å². The topological polar surface area (TPSA) is 38.5 Å². The third-order valence-electron chi connectivity index (χ3n) is 3.42. The van der Waals surface area contributed by atoms with E-state index in [1.165, 1.54) is 5.69 Å². The van der Waals surface area contributed by atoms with Crippen LogP contribution in [0.1, 0.15) is 13.8 Å². The minimum Gasteiger partial charge on any atom is -0.492 e. The molecule has 0 spiro atoms. The molecule has 3 nitrogen and oxygen atoms in total. The molecule has 0 amide bonds. The molecule has 0 saturated carbocycles. The summed E-state index contributed by atoms with van der Waals surface area (Å²) >= 11 is 0. The second-order valence-corrected chi connectivity index (χ2v) is 5.04. The lowest BCUT2D eigenvalue weighted by atomic mass is 9.88. The Bertz CT molecular complexity index is 359. The maximum absolute atomic E-state index is 5.54. The zero-order valence-corrected chi connectivity index (χ0v) is 10.7. The molecule has 1 aliphatic heterocycles. The van der Waals surface area contributed by atoms with Gasteiger partial charge in [0.05, 0.1) is 0 Å². The largest absolute Gasteiger partial charge is 0.492 e. The van der Waals surface area contributed by atoms with Crippen LogP contribution in [0.15, 0.2) is 24.3 Å². The maximum atomic E-state index is 5.54. The number of hydrogen-bond donors (Lipinski definition) is 1. The lowest BCUT2D eigenvalue weighted by Crippen LogP contribution is -2.49. The number of rotatable bonds is 5. The molecule has 3 heteroatoms. The first-order valence-corrected chi connectivity index (χ1v) is 6.38. The van der Waals surface area contributed by atoms with E-state index < -0.39 is 0 Å². The van der Waals surface area contributed by atoms with Crippen LogP contribution >= 0.6 is 0 Å². The van der Waals surface area contributed by atoms with Crippen LogP contribution in [-0.2, 0) is 0 Å². The zero-order valence-electron chi connectivity index (χ0n) is 10.7. The zero-order chi connectivity index (χ0) is 12.3. The van der Waals surface area contributed by atoms with E-state index in [-0.39, 0.29) is 0 Å². The van der Waals surface area contributed by atoms with Crippen LogP contribution in [0.5, 0.6) is 5.75 Å². The van der Waals surface area contributed by atoms with Crippen molar-refractivity contribution in [1.29, 1.82) is 0 Å². The van der Waals surface area contributed by atoms with E-state index in [2.05, 4.69) is 30.9 Å². The summed E-state index contributed by atoms with van der Waals surface area (Å²) in [6.07, 6.45) is 0. The van der Waals surface area contributed by atoms with Crippen molar-refractivity contribution in [2.45, 2.75) is 13.8 Å². The third kappa shape index (κ3) is 2.91. The molecule has 17 heavy (non-hydrogen) atoms. The van der Waals surface area contributed by atoms with Crippen LogP contribution in [0, 0.1) is 11.8 Å². The average molecular weight is 234 g/mol. The van der Waals surface area contributed by atoms with E-state index in [0.29, 0.717) is 13.2 Å². The van der Waals surface area contributed by atoms with Crippen LogP contribution in [0.4, 0.5) is 5.69 Å². The van der Waals surface area contributed by atoms with Gasteiger partial charge in [-0.25, -0.2) is 0 Å². The van der Waals surface area contributed by atoms with Crippen molar-refractivity contribution in [3.8, 4) is 5.75 Å². The minimum atomic E-state index is 0.559. The van der Waals surface area contributed by atoms with Gasteiger partial charge in [0.1, 0.15) is 12.4 Å². The molecule has 0 bridgehead atoms. The molecule has 1 fully saturated rings. The van der Waals surface area contributed by atoms with Crippen molar-refractivity contribution in [3.05, 3.63) is 24.3 Å². The molecule has 2 rings (SSSR count). The van der Waals surface area contributed by atoms with Gasteiger partial charge in [-0.3, -0.25) is 0 Å². The number of hydrogen-bond acceptors (Lipinski definition) is 3. The standard InChI is InChI=1S/C14H22N2O/c1-11(2)12-9-16(10-12)13-4-3-5-14(8-13)17-7-6-15/h3-5,8,11-12H,6-7,9-10,15H2,1-2H3. The Kier molecular flexibility index (Phi) is 3.89. The molecule has 94 valence electrons. The Balaban J connectivity index is 1.93. The van der Waals surface area contributed by atoms with Gasteiger partial charge in [0.25, 0.3) is 0 Å². The summed E-state index contributed by atoms with van der Waals surface area (Å²) in [7, 11) is 0. The van der Waals surface area contributed by atoms with Gasteiger partial charge in [0, 0.05) is 31.4 Å². The highest BCUT2D eigenvalue weighted by Crippen LogP contribution is 2.30. The maximum Gasteiger partial charge on any atom is 0.121 e. The number of anilines is 1. The van der Waals surface area contributed by atoms with Crippen molar-refractivity contribution >= 4 is 5.69 Å². The second kappa shape index (κ2) is 5.41. The SMILES string of the molecule is CC(C)C1CN(c2cccc(OCCN)c2)C1. The Morgan fingerprint density at radius 3 is 2.82 bits per heavy atom. The Hall–Kier alpha value is -1.22. The van der Waals surface area contributed by atoms with Gasteiger partial charge in [0.15, 0.2) is 0 Å². The van der Waals surface area contributed by atoms with E-state index in [1.807, 2.05) is 12.1 Å². The predicted molar refractivity (Wildman–Crippen MR) is 71.5 cm³/mol. The summed E-state index contributed by atoms with van der Waals surface area (Å²) in [5, 5.41) is 0. The average Bonchev–Trinajstić information content (AvgIpc) is 2.24. The fourth-order valence-electron chi connectivity index (χ4n) is 2.09. The molecule has 1 aromatic carbocycles. The molecular weight excluding hydrogens is 212 g/mol. The summed E-state index contributed by atoms with van der Waals surface area (Å²) in [6.45, 7) is 8.06. The van der Waals surface area contributed by atoms with Gasteiger partial charge in [-0.2, -0.15) is 0 Å². The summed E-state index contributed by atoms with van der Waals surface area (Å²) in [4.78, 5) is 2.40. The van der Waals surface area contributed by atoms with E-state index >= 15 is 0 Å². The van der Waals surface area contributed by atoms with Crippen molar-refractivity contribution in [2.24, 2.45) is 17.6 Å². The van der Waals surface area contributed by atoms with Gasteiger partial charge in [-0.05, 0) is 24.0 Å². The molecule has 2 N–H and O–H groups in total. The van der Waals surface area contributed by atoms with E-state index in [9.17, 15) is 0 Å². The molecule has 1 heterocycles. The molecule has 1 aliphatic rings. The van der Waals surface area contributed by atoms with Crippen molar-refractivity contribution < 1.29 is 4.74 Å². The van der Waals surface area contributed by atoms with Gasteiger partial charge in [-0.15, -0.1) is 0 Å². The van der Waals surface area contributed by atoms with Crippen molar-refractivity contribution in [1.82, 2.24) is 0 Å². The number of nitrogens with zero attached hydrogens (tertiary/aromatic N) is 1. The first-order valence-electron chi connectivity index (χ1n) is 6.38. The van der Waals surface area contributed by atoms with E-state index in [0.717, 1.165) is 30.7 Å². The number of nitrogens with two attached hydrogens (primary N) is 1. The first-order chi connectivity index (χ1) is 8.20. The normalized spacial score (nSPS) is 16.1. The predicted octanol–water partition coefficient (Wildman–Crippen LogP) is 2.12. The summed E-state index contributed by atoms with van der Waals surface area (Å²) in [5.41, 5.74) is 6.69. The quantitative estimate of drug-likeness (QED) is 0.848. The van der Waals surface area contributed by atoms with Gasteiger partial charge >= 0.3 is 0 Å². The molecule has 0 aliphatic carbocycles. The minimum absolute atomic E-state index is 0.559. The Morgan fingerprint density at radius 2 is 2.18 bits per heavy atom. The highest BCUT2D eigenvalue weighted by molar-refractivity contribution is 5.52. The van der Waals surface area contributed by atoms with E-state index in [1.54, 1.807) is 0 Å². The lowest BCUT2D eigenvalue weighted by Gasteiger charge is -2.43. The number of ether oxygens (including phenoxy) is 1. The second-order valence-electron chi connectivity index (χ2n) is 5.04. The smallest absolute Gasteiger partial charge is 0.121 e. The monoisotopic (exact) mass is 234 g/mol. The lowest BCUT2D eigenvalue weighted by molar-refractivity contribution is 0.308. The summed E-state index contributed by atoms with van der Waals surface area (Å²) in [6, 6.07) is 8.28. The van der Waals surface area contributed by atoms with Crippen molar-refractivity contribution in [2.75, 3.05) is 31.1 Å². The fraction of sp³-hybridized carbons (Fsp3) is 0.571. The van der Waals surface area contributed by atoms with Crippen LogP contribution in [0.25, 0.3) is 0 Å². The highest BCUT2D eigenvalue weighted by atomic mass is 16.5. The third-order valence-corrected chi connectivity index (χ3v) is 3.42. The number of benzene rings is 1. The molecular formula is C14H22N2O. The highest BCUT2D eigenvalue weighted by Gasteiger charge is 2.29. The molecule has 1 saturated heterocycles. The van der Waals surface area contributed by atoms with Crippen molar-refractivity contribution in [3.63, 3.8) is 0 Å². The first kappa shape index (κ1) is 12.2. The van der Waals surface area contributed by atoms with Gasteiger partial charge < -0.3 is 15.4 Å². The van der Waals surface area contributed by atoms with Crippen LogP contribution < -0.4 is 15.4 Å².